The van der Waals surface area contributed by atoms with E-state index in [2.05, 4.69) is 11.1 Å². The molecule has 21 heavy (non-hydrogen) atoms. The number of aliphatic hydroxyl groups excluding tert-OH is 1. The van der Waals surface area contributed by atoms with Crippen LogP contribution in [0, 0.1) is 11.3 Å². The number of nitrogens with zero attached hydrogens (tertiary/aromatic N) is 2. The van der Waals surface area contributed by atoms with Gasteiger partial charge in [0.1, 0.15) is 10.9 Å². The summed E-state index contributed by atoms with van der Waals surface area (Å²) in [5, 5.41) is 19.7. The maximum atomic E-state index is 9.48. The lowest BCUT2D eigenvalue weighted by Crippen LogP contribution is -2.03. The number of thiazole rings is 1. The minimum atomic E-state index is -0.282. The van der Waals surface area contributed by atoms with E-state index < -0.39 is 0 Å². The molecular formula is C17H14N2OS. The number of rotatable bonds is 4. The molecule has 2 aromatic carbocycles. The highest BCUT2D eigenvalue weighted by molar-refractivity contribution is 7.18. The van der Waals surface area contributed by atoms with Crippen LogP contribution in [-0.4, -0.2) is 10.1 Å². The van der Waals surface area contributed by atoms with Crippen LogP contribution in [0.15, 0.2) is 48.5 Å². The fraction of sp³-hybridized carbons (Fsp3) is 0.176. The first-order valence-electron chi connectivity index (χ1n) is 6.74. The Hall–Kier alpha value is -2.22. The Kier molecular flexibility index (Phi) is 3.96. The summed E-state index contributed by atoms with van der Waals surface area (Å²) in [6.45, 7) is -0.00579. The van der Waals surface area contributed by atoms with Gasteiger partial charge < -0.3 is 5.11 Å². The molecule has 0 amide bonds. The smallest absolute Gasteiger partial charge is 0.111 e. The molecule has 3 nitrogen and oxygen atoms in total. The number of hydrogen-bond acceptors (Lipinski definition) is 4. The van der Waals surface area contributed by atoms with Crippen molar-refractivity contribution in [1.82, 2.24) is 4.98 Å². The second-order valence-corrected chi connectivity index (χ2v) is 5.89. The second kappa shape index (κ2) is 6.04. The zero-order valence-corrected chi connectivity index (χ0v) is 12.2. The van der Waals surface area contributed by atoms with Crippen molar-refractivity contribution in [3.8, 4) is 6.07 Å². The van der Waals surface area contributed by atoms with Gasteiger partial charge in [0.05, 0.1) is 22.9 Å². The summed E-state index contributed by atoms with van der Waals surface area (Å²) in [4.78, 5) is 4.57. The molecule has 0 spiro atoms. The van der Waals surface area contributed by atoms with Crippen LogP contribution in [0.5, 0.6) is 0 Å². The molecule has 0 saturated heterocycles. The molecule has 1 atom stereocenters. The van der Waals surface area contributed by atoms with Gasteiger partial charge in [-0.1, -0.05) is 36.4 Å². The van der Waals surface area contributed by atoms with Crippen molar-refractivity contribution in [2.75, 3.05) is 0 Å². The standard InChI is InChI=1S/C17H14N2OS/c18-10-14(9-12-5-1-2-6-13(12)11-20)17-19-15-7-3-4-8-16(15)21-17/h1-8,14,20H,9,11H2. The van der Waals surface area contributed by atoms with E-state index in [9.17, 15) is 10.4 Å². The van der Waals surface area contributed by atoms with E-state index in [0.717, 1.165) is 26.4 Å². The van der Waals surface area contributed by atoms with Crippen LogP contribution in [0.1, 0.15) is 22.1 Å². The zero-order chi connectivity index (χ0) is 14.7. The Morgan fingerprint density at radius 2 is 1.81 bits per heavy atom. The SMILES string of the molecule is N#CC(Cc1ccccc1CO)c1nc2ccccc2s1. The third kappa shape index (κ3) is 2.80. The summed E-state index contributed by atoms with van der Waals surface area (Å²) in [6.07, 6.45) is 0.576. The molecule has 104 valence electrons. The number of fused-ring (bicyclic) bond motifs is 1. The first-order chi connectivity index (χ1) is 10.3. The number of para-hydroxylation sites is 1. The van der Waals surface area contributed by atoms with E-state index in [-0.39, 0.29) is 12.5 Å². The molecule has 0 fully saturated rings. The Morgan fingerprint density at radius 3 is 2.52 bits per heavy atom. The van der Waals surface area contributed by atoms with Gasteiger partial charge in [0.2, 0.25) is 0 Å². The Labute approximate surface area is 127 Å². The molecule has 0 radical (unpaired) electrons. The molecular weight excluding hydrogens is 280 g/mol. The van der Waals surface area contributed by atoms with Crippen molar-refractivity contribution in [3.63, 3.8) is 0 Å². The third-order valence-electron chi connectivity index (χ3n) is 3.48. The van der Waals surface area contributed by atoms with E-state index in [1.54, 1.807) is 11.3 Å². The highest BCUT2D eigenvalue weighted by Gasteiger charge is 2.17. The molecule has 3 rings (SSSR count). The molecule has 0 saturated carbocycles. The van der Waals surface area contributed by atoms with Gasteiger partial charge in [-0.25, -0.2) is 4.98 Å². The topological polar surface area (TPSA) is 56.9 Å². The van der Waals surface area contributed by atoms with Crippen molar-refractivity contribution in [2.24, 2.45) is 0 Å². The van der Waals surface area contributed by atoms with Crippen molar-refractivity contribution < 1.29 is 5.11 Å². The van der Waals surface area contributed by atoms with Crippen LogP contribution in [-0.2, 0) is 13.0 Å². The van der Waals surface area contributed by atoms with Crippen LogP contribution in [0.2, 0.25) is 0 Å². The van der Waals surface area contributed by atoms with E-state index in [0.29, 0.717) is 6.42 Å². The first-order valence-corrected chi connectivity index (χ1v) is 7.56. The van der Waals surface area contributed by atoms with E-state index in [1.165, 1.54) is 0 Å². The fourth-order valence-corrected chi connectivity index (χ4v) is 3.37. The highest BCUT2D eigenvalue weighted by Crippen LogP contribution is 2.30. The van der Waals surface area contributed by atoms with Crippen LogP contribution >= 0.6 is 11.3 Å². The zero-order valence-electron chi connectivity index (χ0n) is 11.4. The molecule has 1 N–H and O–H groups in total. The number of nitriles is 1. The number of aliphatic hydroxyl groups is 1. The average molecular weight is 294 g/mol. The summed E-state index contributed by atoms with van der Waals surface area (Å²) < 4.78 is 1.10. The van der Waals surface area contributed by atoms with Crippen molar-refractivity contribution in [3.05, 3.63) is 64.7 Å². The maximum Gasteiger partial charge on any atom is 0.111 e. The van der Waals surface area contributed by atoms with Crippen molar-refractivity contribution in [2.45, 2.75) is 18.9 Å². The average Bonchev–Trinajstić information content (AvgIpc) is 2.96. The van der Waals surface area contributed by atoms with Gasteiger partial charge in [0.25, 0.3) is 0 Å². The van der Waals surface area contributed by atoms with Crippen LogP contribution < -0.4 is 0 Å². The van der Waals surface area contributed by atoms with Gasteiger partial charge in [-0.05, 0) is 29.7 Å². The molecule has 0 aliphatic rings. The maximum absolute atomic E-state index is 9.48. The van der Waals surface area contributed by atoms with Crippen molar-refractivity contribution in [1.29, 1.82) is 5.26 Å². The van der Waals surface area contributed by atoms with Crippen molar-refractivity contribution >= 4 is 21.6 Å². The lowest BCUT2D eigenvalue weighted by molar-refractivity contribution is 0.280. The number of aromatic nitrogens is 1. The van der Waals surface area contributed by atoms with Gasteiger partial charge >= 0.3 is 0 Å². The summed E-state index contributed by atoms with van der Waals surface area (Å²) in [5.74, 6) is -0.282. The minimum Gasteiger partial charge on any atom is -0.392 e. The van der Waals surface area contributed by atoms with Gasteiger partial charge in [-0.15, -0.1) is 11.3 Å². The molecule has 1 aromatic heterocycles. The third-order valence-corrected chi connectivity index (χ3v) is 4.63. The minimum absolute atomic E-state index is 0.00579. The van der Waals surface area contributed by atoms with Crippen LogP contribution in [0.3, 0.4) is 0 Å². The summed E-state index contributed by atoms with van der Waals surface area (Å²) in [6, 6.07) is 17.9. The highest BCUT2D eigenvalue weighted by atomic mass is 32.1. The Bertz CT molecular complexity index is 771. The molecule has 3 aromatic rings. The summed E-state index contributed by atoms with van der Waals surface area (Å²) in [7, 11) is 0. The number of benzene rings is 2. The Balaban J connectivity index is 1.93. The quantitative estimate of drug-likeness (QED) is 0.799. The molecule has 4 heteroatoms. The fourth-order valence-electron chi connectivity index (χ4n) is 2.36. The molecule has 0 aliphatic heterocycles. The molecule has 0 aliphatic carbocycles. The lowest BCUT2D eigenvalue weighted by Gasteiger charge is -2.09. The monoisotopic (exact) mass is 294 g/mol. The molecule has 1 unspecified atom stereocenters. The Morgan fingerprint density at radius 1 is 1.10 bits per heavy atom. The lowest BCUT2D eigenvalue weighted by atomic mass is 9.97. The predicted molar refractivity (Wildman–Crippen MR) is 84.0 cm³/mol. The largest absolute Gasteiger partial charge is 0.392 e. The van der Waals surface area contributed by atoms with E-state index in [4.69, 9.17) is 0 Å². The van der Waals surface area contributed by atoms with Crippen LogP contribution in [0.25, 0.3) is 10.2 Å². The van der Waals surface area contributed by atoms with Gasteiger partial charge in [0.15, 0.2) is 0 Å². The first kappa shape index (κ1) is 13.7. The van der Waals surface area contributed by atoms with Gasteiger partial charge in [-0.2, -0.15) is 5.26 Å². The predicted octanol–water partition coefficient (Wildman–Crippen LogP) is 3.64. The summed E-state index contributed by atoms with van der Waals surface area (Å²) in [5.41, 5.74) is 2.82. The second-order valence-electron chi connectivity index (χ2n) is 4.83. The van der Waals surface area contributed by atoms with Gasteiger partial charge in [0, 0.05) is 0 Å². The molecule has 1 heterocycles. The number of hydrogen-bond donors (Lipinski definition) is 1. The van der Waals surface area contributed by atoms with Crippen LogP contribution in [0.4, 0.5) is 0 Å². The summed E-state index contributed by atoms with van der Waals surface area (Å²) >= 11 is 1.57. The molecule has 0 bridgehead atoms. The van der Waals surface area contributed by atoms with Gasteiger partial charge in [-0.3, -0.25) is 0 Å². The normalized spacial score (nSPS) is 12.2. The van der Waals surface area contributed by atoms with E-state index in [1.807, 2.05) is 48.5 Å². The van der Waals surface area contributed by atoms with E-state index >= 15 is 0 Å².